The molecule has 1 aromatic rings. The van der Waals surface area contributed by atoms with Crippen molar-refractivity contribution in [2.75, 3.05) is 13.1 Å². The molecule has 1 unspecified atom stereocenters. The number of carbonyl (C=O) groups excluding carboxylic acids is 1. The summed E-state index contributed by atoms with van der Waals surface area (Å²) in [5.41, 5.74) is -0.246. The first-order valence-electron chi connectivity index (χ1n) is 6.72. The smallest absolute Gasteiger partial charge is 0.335 e. The van der Waals surface area contributed by atoms with Crippen molar-refractivity contribution < 1.29 is 19.1 Å². The number of carboxylic acid groups (broad SMARTS) is 1. The van der Waals surface area contributed by atoms with Crippen molar-refractivity contribution in [3.05, 3.63) is 35.1 Å². The van der Waals surface area contributed by atoms with E-state index in [-0.39, 0.29) is 11.1 Å². The molecule has 1 atom stereocenters. The highest BCUT2D eigenvalue weighted by Gasteiger charge is 2.20. The number of amides is 1. The molecule has 0 saturated carbocycles. The van der Waals surface area contributed by atoms with Gasteiger partial charge in [0.2, 0.25) is 0 Å². The van der Waals surface area contributed by atoms with E-state index in [4.69, 9.17) is 5.11 Å². The van der Waals surface area contributed by atoms with E-state index in [1.807, 2.05) is 20.8 Å². The quantitative estimate of drug-likeness (QED) is 0.872. The fourth-order valence-corrected chi connectivity index (χ4v) is 1.85. The van der Waals surface area contributed by atoms with Gasteiger partial charge in [0.05, 0.1) is 11.1 Å². The number of carbonyl (C=O) groups is 2. The Hall–Kier alpha value is -1.91. The molecule has 0 aliphatic carbocycles. The standard InChI is InChI=1S/C15H20FNO3/c1-4-10(3)9-17(5-2)14(18)12-7-6-11(15(19)20)8-13(12)16/h6-8,10H,4-5,9H2,1-3H3,(H,19,20). The summed E-state index contributed by atoms with van der Waals surface area (Å²) in [6.45, 7) is 6.95. The SMILES string of the molecule is CCC(C)CN(CC)C(=O)c1ccc(C(=O)O)cc1F. The molecular weight excluding hydrogens is 261 g/mol. The minimum Gasteiger partial charge on any atom is -0.478 e. The van der Waals surface area contributed by atoms with E-state index in [0.29, 0.717) is 19.0 Å². The van der Waals surface area contributed by atoms with Gasteiger partial charge in [-0.25, -0.2) is 9.18 Å². The van der Waals surface area contributed by atoms with E-state index in [2.05, 4.69) is 0 Å². The lowest BCUT2D eigenvalue weighted by molar-refractivity contribution is 0.0691. The van der Waals surface area contributed by atoms with Crippen LogP contribution in [-0.4, -0.2) is 35.0 Å². The molecule has 0 aliphatic heterocycles. The molecule has 5 heteroatoms. The highest BCUT2D eigenvalue weighted by Crippen LogP contribution is 2.15. The maximum absolute atomic E-state index is 13.9. The summed E-state index contributed by atoms with van der Waals surface area (Å²) in [7, 11) is 0. The molecule has 0 aliphatic rings. The molecule has 20 heavy (non-hydrogen) atoms. The van der Waals surface area contributed by atoms with E-state index >= 15 is 0 Å². The molecule has 1 amide bonds. The van der Waals surface area contributed by atoms with Gasteiger partial charge in [-0.3, -0.25) is 4.79 Å². The van der Waals surface area contributed by atoms with Gasteiger partial charge in [0, 0.05) is 13.1 Å². The summed E-state index contributed by atoms with van der Waals surface area (Å²) in [6, 6.07) is 3.36. The number of benzene rings is 1. The summed E-state index contributed by atoms with van der Waals surface area (Å²) >= 11 is 0. The number of rotatable bonds is 6. The monoisotopic (exact) mass is 281 g/mol. The Morgan fingerprint density at radius 1 is 1.35 bits per heavy atom. The first kappa shape index (κ1) is 16.1. The normalized spacial score (nSPS) is 12.0. The topological polar surface area (TPSA) is 57.6 Å². The van der Waals surface area contributed by atoms with Crippen LogP contribution in [0.1, 0.15) is 47.9 Å². The van der Waals surface area contributed by atoms with Crippen LogP contribution >= 0.6 is 0 Å². The number of halogens is 1. The summed E-state index contributed by atoms with van der Waals surface area (Å²) in [4.78, 5) is 24.6. The molecule has 0 bridgehead atoms. The fraction of sp³-hybridized carbons (Fsp3) is 0.467. The van der Waals surface area contributed by atoms with Gasteiger partial charge in [0.1, 0.15) is 5.82 Å². The number of hydrogen-bond donors (Lipinski definition) is 1. The van der Waals surface area contributed by atoms with Crippen molar-refractivity contribution >= 4 is 11.9 Å². The van der Waals surface area contributed by atoms with Crippen molar-refractivity contribution in [3.63, 3.8) is 0 Å². The molecule has 0 fully saturated rings. The molecule has 0 aromatic heterocycles. The Morgan fingerprint density at radius 2 is 2.00 bits per heavy atom. The molecule has 1 aromatic carbocycles. The second-order valence-corrected chi connectivity index (χ2v) is 4.86. The van der Waals surface area contributed by atoms with Gasteiger partial charge in [-0.2, -0.15) is 0 Å². The van der Waals surface area contributed by atoms with Crippen LogP contribution in [0.15, 0.2) is 18.2 Å². The first-order valence-corrected chi connectivity index (χ1v) is 6.72. The zero-order chi connectivity index (χ0) is 15.3. The third-order valence-corrected chi connectivity index (χ3v) is 3.34. The van der Waals surface area contributed by atoms with Crippen LogP contribution in [0.2, 0.25) is 0 Å². The van der Waals surface area contributed by atoms with E-state index in [0.717, 1.165) is 12.5 Å². The van der Waals surface area contributed by atoms with Crippen molar-refractivity contribution in [1.82, 2.24) is 4.90 Å². The third kappa shape index (κ3) is 3.79. The number of hydrogen-bond acceptors (Lipinski definition) is 2. The van der Waals surface area contributed by atoms with Gasteiger partial charge in [0.15, 0.2) is 0 Å². The predicted octanol–water partition coefficient (Wildman–Crippen LogP) is 3.03. The van der Waals surface area contributed by atoms with E-state index in [1.54, 1.807) is 4.90 Å². The van der Waals surface area contributed by atoms with Crippen LogP contribution in [0.5, 0.6) is 0 Å². The summed E-state index contributed by atoms with van der Waals surface area (Å²) in [5, 5.41) is 8.78. The zero-order valence-corrected chi connectivity index (χ0v) is 12.0. The van der Waals surface area contributed by atoms with Crippen LogP contribution in [0.4, 0.5) is 4.39 Å². The lowest BCUT2D eigenvalue weighted by Crippen LogP contribution is -2.35. The Balaban J connectivity index is 2.98. The Morgan fingerprint density at radius 3 is 2.45 bits per heavy atom. The average Bonchev–Trinajstić information content (AvgIpc) is 2.43. The Bertz CT molecular complexity index is 502. The van der Waals surface area contributed by atoms with Gasteiger partial charge in [0.25, 0.3) is 5.91 Å². The van der Waals surface area contributed by atoms with Crippen LogP contribution in [0.3, 0.4) is 0 Å². The zero-order valence-electron chi connectivity index (χ0n) is 12.0. The lowest BCUT2D eigenvalue weighted by Gasteiger charge is -2.24. The lowest BCUT2D eigenvalue weighted by atomic mass is 10.1. The minimum atomic E-state index is -1.21. The molecular formula is C15H20FNO3. The largest absolute Gasteiger partial charge is 0.478 e. The van der Waals surface area contributed by atoms with Crippen molar-refractivity contribution in [2.24, 2.45) is 5.92 Å². The first-order chi connectivity index (χ1) is 9.40. The van der Waals surface area contributed by atoms with Crippen LogP contribution in [-0.2, 0) is 0 Å². The van der Waals surface area contributed by atoms with E-state index < -0.39 is 17.7 Å². The molecule has 0 radical (unpaired) electrons. The van der Waals surface area contributed by atoms with Gasteiger partial charge >= 0.3 is 5.97 Å². The Kier molecular flexibility index (Phi) is 5.67. The maximum atomic E-state index is 13.9. The van der Waals surface area contributed by atoms with E-state index in [1.165, 1.54) is 12.1 Å². The second-order valence-electron chi connectivity index (χ2n) is 4.86. The number of carboxylic acids is 1. The molecule has 0 spiro atoms. The number of nitrogens with zero attached hydrogens (tertiary/aromatic N) is 1. The van der Waals surface area contributed by atoms with Crippen LogP contribution < -0.4 is 0 Å². The third-order valence-electron chi connectivity index (χ3n) is 3.34. The van der Waals surface area contributed by atoms with Gasteiger partial charge in [-0.05, 0) is 31.0 Å². The van der Waals surface area contributed by atoms with Crippen LogP contribution in [0, 0.1) is 11.7 Å². The Labute approximate surface area is 118 Å². The summed E-state index contributed by atoms with van der Waals surface area (Å²) in [5.74, 6) is -2.07. The van der Waals surface area contributed by atoms with E-state index in [9.17, 15) is 14.0 Å². The average molecular weight is 281 g/mol. The highest BCUT2D eigenvalue weighted by molar-refractivity contribution is 5.96. The fourth-order valence-electron chi connectivity index (χ4n) is 1.85. The molecule has 0 heterocycles. The number of aromatic carboxylic acids is 1. The van der Waals surface area contributed by atoms with Gasteiger partial charge in [-0.1, -0.05) is 20.3 Å². The molecule has 110 valence electrons. The van der Waals surface area contributed by atoms with Crippen LogP contribution in [0.25, 0.3) is 0 Å². The molecule has 1 rings (SSSR count). The van der Waals surface area contributed by atoms with Gasteiger partial charge < -0.3 is 10.0 Å². The van der Waals surface area contributed by atoms with Gasteiger partial charge in [-0.15, -0.1) is 0 Å². The minimum absolute atomic E-state index is 0.0832. The molecule has 1 N–H and O–H groups in total. The predicted molar refractivity (Wildman–Crippen MR) is 74.4 cm³/mol. The highest BCUT2D eigenvalue weighted by atomic mass is 19.1. The maximum Gasteiger partial charge on any atom is 0.335 e. The molecule has 0 saturated heterocycles. The van der Waals surface area contributed by atoms with Crippen molar-refractivity contribution in [1.29, 1.82) is 0 Å². The molecule has 4 nitrogen and oxygen atoms in total. The summed E-state index contributed by atoms with van der Waals surface area (Å²) < 4.78 is 13.9. The van der Waals surface area contributed by atoms with Crippen molar-refractivity contribution in [3.8, 4) is 0 Å². The van der Waals surface area contributed by atoms with Crippen molar-refractivity contribution in [2.45, 2.75) is 27.2 Å². The second kappa shape index (κ2) is 7.03. The summed E-state index contributed by atoms with van der Waals surface area (Å²) in [6.07, 6.45) is 0.935.